The van der Waals surface area contributed by atoms with Crippen LogP contribution in [-0.2, 0) is 20.8 Å². The monoisotopic (exact) mass is 724 g/mol. The second-order valence-electron chi connectivity index (χ2n) is 15.4. The predicted molar refractivity (Wildman–Crippen MR) is 211 cm³/mol. The molecule has 3 saturated heterocycles. The van der Waals surface area contributed by atoms with Crippen molar-refractivity contribution in [1.29, 1.82) is 0 Å². The Labute approximate surface area is 318 Å². The molecule has 9 heteroatoms. The summed E-state index contributed by atoms with van der Waals surface area (Å²) < 4.78 is 12.7. The van der Waals surface area contributed by atoms with Crippen LogP contribution in [0.25, 0.3) is 16.8 Å². The number of rotatable bonds is 11. The van der Waals surface area contributed by atoms with Crippen LogP contribution in [0.15, 0.2) is 114 Å². The topological polar surface area (TPSA) is 99.5 Å². The van der Waals surface area contributed by atoms with E-state index in [0.29, 0.717) is 19.4 Å². The second kappa shape index (κ2) is 16.0. The van der Waals surface area contributed by atoms with Crippen molar-refractivity contribution in [2.24, 2.45) is 17.8 Å². The smallest absolute Gasteiger partial charge is 0.455 e. The molecule has 0 spiro atoms. The van der Waals surface area contributed by atoms with Gasteiger partial charge in [-0.25, -0.2) is 0 Å². The van der Waals surface area contributed by atoms with Crippen LogP contribution >= 0.6 is 0 Å². The van der Waals surface area contributed by atoms with Crippen molar-refractivity contribution in [2.75, 3.05) is 19.7 Å². The van der Waals surface area contributed by atoms with Gasteiger partial charge in [-0.1, -0.05) is 97.4 Å². The number of imide groups is 1. The van der Waals surface area contributed by atoms with Crippen LogP contribution < -0.4 is 4.74 Å². The van der Waals surface area contributed by atoms with E-state index in [1.54, 1.807) is 11.0 Å². The number of allylic oxidation sites excluding steroid dienone is 1. The van der Waals surface area contributed by atoms with Crippen LogP contribution in [0, 0.1) is 17.8 Å². The number of para-hydroxylation sites is 1. The van der Waals surface area contributed by atoms with Crippen molar-refractivity contribution >= 4 is 35.8 Å². The molecule has 3 fully saturated rings. The van der Waals surface area contributed by atoms with E-state index in [9.17, 15) is 19.7 Å². The fourth-order valence-electron chi connectivity index (χ4n) is 9.46. The number of benzene rings is 4. The number of amides is 2. The Kier molecular flexibility index (Phi) is 10.7. The molecule has 3 heterocycles. The summed E-state index contributed by atoms with van der Waals surface area (Å²) in [5.74, 6) is -0.440. The number of phenols is 1. The van der Waals surface area contributed by atoms with E-state index in [1.807, 2.05) is 66.7 Å². The largest absolute Gasteiger partial charge is 0.507 e. The van der Waals surface area contributed by atoms with Crippen molar-refractivity contribution in [3.05, 3.63) is 125 Å². The molecule has 8 nitrogen and oxygen atoms in total. The van der Waals surface area contributed by atoms with Crippen molar-refractivity contribution in [3.8, 4) is 11.5 Å². The van der Waals surface area contributed by atoms with Gasteiger partial charge in [0, 0.05) is 31.1 Å². The molecule has 4 aliphatic rings. The molecule has 0 saturated carbocycles. The maximum atomic E-state index is 14.5. The van der Waals surface area contributed by atoms with E-state index < -0.39 is 25.1 Å². The van der Waals surface area contributed by atoms with Gasteiger partial charge in [-0.15, -0.1) is 0 Å². The number of carbonyl (C=O) groups excluding carboxylic acids is 2. The van der Waals surface area contributed by atoms with Crippen LogP contribution in [-0.4, -0.2) is 70.7 Å². The fraction of sp³-hybridized carbons (Fsp3) is 0.378. The summed E-state index contributed by atoms with van der Waals surface area (Å²) in [5, 5.41) is 23.5. The van der Waals surface area contributed by atoms with Gasteiger partial charge in [0.1, 0.15) is 18.1 Å². The zero-order chi connectivity index (χ0) is 37.2. The molecule has 54 heavy (non-hydrogen) atoms. The molecule has 8 rings (SSSR count). The Morgan fingerprint density at radius 1 is 0.889 bits per heavy atom. The molecule has 2 amide bonds. The molecule has 278 valence electrons. The lowest BCUT2D eigenvalue weighted by atomic mass is 9.58. The number of hydrogen-bond donors (Lipinski definition) is 2. The molecule has 3 aliphatic heterocycles. The number of hydrogen-bond acceptors (Lipinski definition) is 7. The standard InChI is InChI=1S/C45H49BN2O6/c1-2-30(25-32-18-19-40(49)37-16-10-9-15-36(32)37)17-20-41-42-33(29-53-35-13-7-4-8-14-35)26-38-43(39(42)27-46(52)54-41)45(51)48(44(38)50)34-21-23-47(24-22-34)28-31-11-5-3-6-12-31/h3-16,18-19,25,34,38-39,41,43,49,52H,2,17,20-24,26-29H2,1H3/b30-25+/t38-,39+,41-,43-/m1/s1. The van der Waals surface area contributed by atoms with Crippen molar-refractivity contribution in [1.82, 2.24) is 9.80 Å². The molecule has 0 radical (unpaired) electrons. The van der Waals surface area contributed by atoms with E-state index in [0.717, 1.165) is 78.5 Å². The van der Waals surface area contributed by atoms with Crippen molar-refractivity contribution < 1.29 is 29.1 Å². The summed E-state index contributed by atoms with van der Waals surface area (Å²) in [4.78, 5) is 32.9. The minimum Gasteiger partial charge on any atom is -0.507 e. The van der Waals surface area contributed by atoms with Crippen molar-refractivity contribution in [2.45, 2.75) is 70.5 Å². The van der Waals surface area contributed by atoms with Crippen LogP contribution in [0.3, 0.4) is 0 Å². The number of piperidine rings is 1. The Balaban J connectivity index is 1.05. The van der Waals surface area contributed by atoms with E-state index in [-0.39, 0.29) is 35.8 Å². The minimum atomic E-state index is -1.04. The molecule has 1 aliphatic carbocycles. The van der Waals surface area contributed by atoms with Crippen molar-refractivity contribution in [3.63, 3.8) is 0 Å². The van der Waals surface area contributed by atoms with Gasteiger partial charge in [0.2, 0.25) is 11.8 Å². The van der Waals surface area contributed by atoms with E-state index in [1.165, 1.54) is 11.1 Å². The number of likely N-dealkylation sites (tertiary alicyclic amines) is 2. The minimum absolute atomic E-state index is 0.0716. The predicted octanol–water partition coefficient (Wildman–Crippen LogP) is 7.66. The lowest BCUT2D eigenvalue weighted by Crippen LogP contribution is -2.48. The molecular weight excluding hydrogens is 675 g/mol. The van der Waals surface area contributed by atoms with Crippen LogP contribution in [0.1, 0.15) is 56.6 Å². The van der Waals surface area contributed by atoms with Gasteiger partial charge in [0.05, 0.1) is 17.9 Å². The van der Waals surface area contributed by atoms with Crippen LogP contribution in [0.2, 0.25) is 6.32 Å². The number of carbonyl (C=O) groups is 2. The molecule has 0 aromatic heterocycles. The lowest BCUT2D eigenvalue weighted by Gasteiger charge is -2.43. The summed E-state index contributed by atoms with van der Waals surface area (Å²) in [5.41, 5.74) is 5.57. The molecule has 4 aromatic rings. The maximum Gasteiger partial charge on any atom is 0.455 e. The summed E-state index contributed by atoms with van der Waals surface area (Å²) in [6.45, 7) is 4.96. The van der Waals surface area contributed by atoms with Crippen LogP contribution in [0.5, 0.6) is 11.5 Å². The van der Waals surface area contributed by atoms with E-state index in [2.05, 4.69) is 42.2 Å². The molecule has 0 bridgehead atoms. The number of phenolic OH excluding ortho intramolecular Hbond substituents is 1. The van der Waals surface area contributed by atoms with Gasteiger partial charge in [0.25, 0.3) is 0 Å². The van der Waals surface area contributed by atoms with Crippen LogP contribution in [0.4, 0.5) is 0 Å². The Morgan fingerprint density at radius 3 is 2.33 bits per heavy atom. The average Bonchev–Trinajstić information content (AvgIpc) is 3.45. The Morgan fingerprint density at radius 2 is 1.59 bits per heavy atom. The third-order valence-electron chi connectivity index (χ3n) is 12.1. The highest BCUT2D eigenvalue weighted by Crippen LogP contribution is 2.51. The first-order valence-electron chi connectivity index (χ1n) is 19.6. The highest BCUT2D eigenvalue weighted by atomic mass is 16.5. The number of fused-ring (bicyclic) bond motifs is 4. The zero-order valence-corrected chi connectivity index (χ0v) is 31.0. The molecule has 2 N–H and O–H groups in total. The molecule has 4 aromatic carbocycles. The van der Waals surface area contributed by atoms with Gasteiger partial charge < -0.3 is 19.5 Å². The normalized spacial score (nSPS) is 23.9. The highest BCUT2D eigenvalue weighted by molar-refractivity contribution is 6.43. The summed E-state index contributed by atoms with van der Waals surface area (Å²) in [6.07, 6.45) is 6.20. The quantitative estimate of drug-likeness (QED) is 0.0932. The molecule has 0 unspecified atom stereocenters. The number of nitrogens with zero attached hydrogens (tertiary/aromatic N) is 2. The first-order chi connectivity index (χ1) is 26.4. The summed E-state index contributed by atoms with van der Waals surface area (Å²) >= 11 is 0. The molecular formula is C45H49BN2O6. The Bertz CT molecular complexity index is 2040. The van der Waals surface area contributed by atoms with Gasteiger partial charge in [-0.05, 0) is 96.6 Å². The average molecular weight is 725 g/mol. The Hall–Kier alpha value is -4.70. The number of ether oxygens (including phenoxy) is 1. The molecule has 4 atom stereocenters. The first kappa shape index (κ1) is 36.3. The van der Waals surface area contributed by atoms with Gasteiger partial charge in [-0.3, -0.25) is 19.4 Å². The third-order valence-corrected chi connectivity index (χ3v) is 12.1. The first-order valence-corrected chi connectivity index (χ1v) is 19.6. The summed E-state index contributed by atoms with van der Waals surface area (Å²) in [6, 6.07) is 31.5. The highest BCUT2D eigenvalue weighted by Gasteiger charge is 2.58. The second-order valence-corrected chi connectivity index (χ2v) is 15.4. The maximum absolute atomic E-state index is 14.5. The third kappa shape index (κ3) is 7.37. The SMILES string of the molecule is CC/C(=C\c1ccc(O)c2ccccc12)CC[C@H]1OB(O)C[C@H]2C1=C(COc1ccccc1)C[C@H]1C(=O)N(C3CCN(Cc4ccccc4)CC3)C(=O)[C@H]12. The lowest BCUT2D eigenvalue weighted by molar-refractivity contribution is -0.144. The van der Waals surface area contributed by atoms with E-state index in [4.69, 9.17) is 9.39 Å². The van der Waals surface area contributed by atoms with Gasteiger partial charge in [0.15, 0.2) is 0 Å². The van der Waals surface area contributed by atoms with E-state index >= 15 is 0 Å². The fourth-order valence-corrected chi connectivity index (χ4v) is 9.46. The van der Waals surface area contributed by atoms with Gasteiger partial charge >= 0.3 is 7.12 Å². The number of aromatic hydroxyl groups is 1. The van der Waals surface area contributed by atoms with Gasteiger partial charge in [-0.2, -0.15) is 0 Å². The zero-order valence-electron chi connectivity index (χ0n) is 31.0. The summed E-state index contributed by atoms with van der Waals surface area (Å²) in [7, 11) is -1.04.